The highest BCUT2D eigenvalue weighted by atomic mass is 15.0. The van der Waals surface area contributed by atoms with Crippen molar-refractivity contribution in [1.29, 1.82) is 0 Å². The summed E-state index contributed by atoms with van der Waals surface area (Å²) in [5.74, 6) is 1.73. The van der Waals surface area contributed by atoms with Crippen LogP contribution in [0.4, 0.5) is 0 Å². The Hall–Kier alpha value is -10.7. The zero-order valence-corrected chi connectivity index (χ0v) is 41.7. The molecule has 6 heterocycles. The van der Waals surface area contributed by atoms with Gasteiger partial charge >= 0.3 is 0 Å². The van der Waals surface area contributed by atoms with E-state index in [1.807, 2.05) is 104 Å². The maximum Gasteiger partial charge on any atom is 0.182 e. The second kappa shape index (κ2) is 17.4. The van der Waals surface area contributed by atoms with Gasteiger partial charge in [-0.1, -0.05) is 164 Å². The maximum absolute atomic E-state index is 5.26. The third-order valence-corrected chi connectivity index (χ3v) is 15.4. The summed E-state index contributed by atoms with van der Waals surface area (Å²) >= 11 is 0. The Kier molecular flexibility index (Phi) is 9.77. The Bertz CT molecular complexity index is 5210. The zero-order valence-electron chi connectivity index (χ0n) is 41.7. The Morgan fingerprint density at radius 3 is 1.27 bits per heavy atom. The van der Waals surface area contributed by atoms with Gasteiger partial charge < -0.3 is 0 Å². The molecule has 8 heteroatoms. The van der Waals surface area contributed by atoms with E-state index in [1.165, 1.54) is 80.8 Å². The zero-order chi connectivity index (χ0) is 51.3. The number of pyridine rings is 5. The Balaban J connectivity index is 0.000000135. The minimum Gasteiger partial charge on any atom is -0.264 e. The summed E-state index contributed by atoms with van der Waals surface area (Å²) in [5, 5.41) is 21.7. The fourth-order valence-corrected chi connectivity index (χ4v) is 12.0. The molecule has 0 spiro atoms. The lowest BCUT2D eigenvalue weighted by Crippen LogP contribution is -2.01. The van der Waals surface area contributed by atoms with Crippen LogP contribution in [0.3, 0.4) is 0 Å². The third kappa shape index (κ3) is 6.80. The summed E-state index contributed by atoms with van der Waals surface area (Å²) in [4.78, 5) is 39.1. The number of aromatic nitrogens is 8. The van der Waals surface area contributed by atoms with Crippen LogP contribution in [0.15, 0.2) is 243 Å². The molecule has 78 heavy (non-hydrogen) atoms. The summed E-state index contributed by atoms with van der Waals surface area (Å²) in [7, 11) is 0. The van der Waals surface area contributed by atoms with Crippen molar-refractivity contribution in [2.45, 2.75) is 0 Å². The molecule has 17 aromatic rings. The van der Waals surface area contributed by atoms with Gasteiger partial charge in [0.25, 0.3) is 0 Å². The molecule has 0 fully saturated rings. The minimum absolute atomic E-state index is 0.521. The normalized spacial score (nSPS) is 11.8. The summed E-state index contributed by atoms with van der Waals surface area (Å²) in [6, 6.07) is 75.9. The van der Waals surface area contributed by atoms with Crippen LogP contribution in [-0.4, -0.2) is 39.9 Å². The lowest BCUT2D eigenvalue weighted by Gasteiger charge is -2.17. The van der Waals surface area contributed by atoms with Crippen molar-refractivity contribution >= 4 is 119 Å². The van der Waals surface area contributed by atoms with Gasteiger partial charge in [0.2, 0.25) is 0 Å². The Morgan fingerprint density at radius 2 is 0.654 bits per heavy atom. The van der Waals surface area contributed by atoms with Crippen LogP contribution in [-0.2, 0) is 0 Å². The molecule has 0 saturated carbocycles. The first-order valence-electron chi connectivity index (χ1n) is 26.1. The molecule has 0 aliphatic carbocycles. The van der Waals surface area contributed by atoms with E-state index in [9.17, 15) is 0 Å². The average Bonchev–Trinajstić information content (AvgIpc) is 3.66. The molecule has 0 N–H and O–H groups in total. The molecular weight excluding hydrogens is 953 g/mol. The molecule has 0 bridgehead atoms. The molecule has 0 amide bonds. The highest BCUT2D eigenvalue weighted by Crippen LogP contribution is 2.46. The van der Waals surface area contributed by atoms with Crippen LogP contribution >= 0.6 is 0 Å². The van der Waals surface area contributed by atoms with Crippen molar-refractivity contribution < 1.29 is 0 Å². The smallest absolute Gasteiger partial charge is 0.182 e. The first-order valence-corrected chi connectivity index (χ1v) is 26.1. The van der Waals surface area contributed by atoms with Crippen LogP contribution < -0.4 is 0 Å². The molecular formula is C70H40N8. The lowest BCUT2D eigenvalue weighted by molar-refractivity contribution is 1.06. The molecule has 0 aliphatic heterocycles. The van der Waals surface area contributed by atoms with E-state index in [4.69, 9.17) is 34.9 Å². The van der Waals surface area contributed by atoms with Gasteiger partial charge in [0.1, 0.15) is 5.69 Å². The SMILES string of the molecule is c1ccc(-c2nc(-c3ccccc3)nc(-c3ccc4c(n3)c3ncccc3c3c5ccccc5c5ccccc5c43)n2)cc1.c1cncc(-c2ccc3cc4c5ccccc5c5cc6cccnc6c6ccc(c3n2)c4c56)c1. The molecule has 8 nitrogen and oxygen atoms in total. The molecule has 0 saturated heterocycles. The van der Waals surface area contributed by atoms with Gasteiger partial charge in [0, 0.05) is 95.3 Å². The number of rotatable bonds is 4. The number of nitrogens with zero attached hydrogens (tertiary/aromatic N) is 8. The van der Waals surface area contributed by atoms with E-state index in [2.05, 4.69) is 138 Å². The first kappa shape index (κ1) is 43.7. The predicted octanol–water partition coefficient (Wildman–Crippen LogP) is 17.3. The molecule has 6 aromatic heterocycles. The summed E-state index contributed by atoms with van der Waals surface area (Å²) in [5.41, 5.74) is 8.23. The fourth-order valence-electron chi connectivity index (χ4n) is 12.0. The first-order chi connectivity index (χ1) is 38.7. The van der Waals surface area contributed by atoms with Crippen molar-refractivity contribution in [3.63, 3.8) is 0 Å². The molecule has 11 aromatic carbocycles. The van der Waals surface area contributed by atoms with Gasteiger partial charge in [0.05, 0.1) is 27.8 Å². The number of benzene rings is 11. The third-order valence-electron chi connectivity index (χ3n) is 15.4. The van der Waals surface area contributed by atoms with E-state index >= 15 is 0 Å². The fraction of sp³-hybridized carbons (Fsp3) is 0. The average molecular weight is 993 g/mol. The topological polar surface area (TPSA) is 103 Å². The monoisotopic (exact) mass is 992 g/mol. The Labute approximate surface area is 445 Å². The van der Waals surface area contributed by atoms with Crippen molar-refractivity contribution in [2.24, 2.45) is 0 Å². The van der Waals surface area contributed by atoms with Gasteiger partial charge in [-0.3, -0.25) is 15.0 Å². The number of hydrogen-bond donors (Lipinski definition) is 0. The standard InChI is InChI=1S/C39H23N5.C31H17N3/c1-3-12-24(13-4-1)37-42-38(25-14-5-2-6-15-25)44-39(43-37)32-22-21-31-34-29-19-10-8-17-27(29)26-16-7-9-18-28(26)33(34)30-20-11-23-40-35(30)36(31)41-32;1-2-8-22-21(7-1)25-15-18-5-4-14-33-30(18)23-10-11-24-29(28(23)25)26(22)16-19-9-12-27(34-31(19)24)20-6-3-13-32-17-20/h1-23H;1-17H. The highest BCUT2D eigenvalue weighted by Gasteiger charge is 2.21. The van der Waals surface area contributed by atoms with Crippen LogP contribution in [0.2, 0.25) is 0 Å². The van der Waals surface area contributed by atoms with E-state index < -0.39 is 0 Å². The quantitative estimate of drug-likeness (QED) is 0.127. The van der Waals surface area contributed by atoms with Gasteiger partial charge in [-0.25, -0.2) is 24.9 Å². The second-order valence-corrected chi connectivity index (χ2v) is 19.8. The number of hydrogen-bond acceptors (Lipinski definition) is 8. The molecule has 0 aliphatic rings. The van der Waals surface area contributed by atoms with Crippen LogP contribution in [0.1, 0.15) is 0 Å². The van der Waals surface area contributed by atoms with E-state index in [-0.39, 0.29) is 0 Å². The van der Waals surface area contributed by atoms with Crippen molar-refractivity contribution in [3.8, 4) is 45.6 Å². The summed E-state index contributed by atoms with van der Waals surface area (Å²) < 4.78 is 0. The molecule has 360 valence electrons. The van der Waals surface area contributed by atoms with Gasteiger partial charge in [0.15, 0.2) is 17.5 Å². The van der Waals surface area contributed by atoms with E-state index in [1.54, 1.807) is 6.20 Å². The molecule has 0 atom stereocenters. The van der Waals surface area contributed by atoms with Crippen molar-refractivity contribution in [3.05, 3.63) is 243 Å². The number of fused-ring (bicyclic) bond motifs is 18. The van der Waals surface area contributed by atoms with Gasteiger partial charge in [-0.2, -0.15) is 0 Å². The minimum atomic E-state index is 0.521. The predicted molar refractivity (Wildman–Crippen MR) is 321 cm³/mol. The highest BCUT2D eigenvalue weighted by molar-refractivity contribution is 6.40. The molecule has 17 rings (SSSR count). The lowest BCUT2D eigenvalue weighted by atomic mass is 9.87. The van der Waals surface area contributed by atoms with Crippen molar-refractivity contribution in [2.75, 3.05) is 0 Å². The van der Waals surface area contributed by atoms with Gasteiger partial charge in [-0.05, 0) is 97.7 Å². The summed E-state index contributed by atoms with van der Waals surface area (Å²) in [6.45, 7) is 0. The molecule has 0 unspecified atom stereocenters. The second-order valence-electron chi connectivity index (χ2n) is 19.8. The van der Waals surface area contributed by atoms with E-state index in [0.717, 1.165) is 60.6 Å². The van der Waals surface area contributed by atoms with Crippen LogP contribution in [0.25, 0.3) is 165 Å². The Morgan fingerprint density at radius 1 is 0.231 bits per heavy atom. The van der Waals surface area contributed by atoms with Crippen LogP contribution in [0.5, 0.6) is 0 Å². The summed E-state index contributed by atoms with van der Waals surface area (Å²) in [6.07, 6.45) is 7.39. The van der Waals surface area contributed by atoms with Gasteiger partial charge in [-0.15, -0.1) is 0 Å². The molecule has 0 radical (unpaired) electrons. The van der Waals surface area contributed by atoms with Crippen molar-refractivity contribution in [1.82, 2.24) is 39.9 Å². The van der Waals surface area contributed by atoms with Crippen LogP contribution in [0, 0.1) is 0 Å². The largest absolute Gasteiger partial charge is 0.264 e. The maximum atomic E-state index is 5.26. The van der Waals surface area contributed by atoms with E-state index in [0.29, 0.717) is 23.2 Å².